The molecule has 0 spiro atoms. The predicted octanol–water partition coefficient (Wildman–Crippen LogP) is 4.24. The first kappa shape index (κ1) is 19.0. The van der Waals surface area contributed by atoms with E-state index in [9.17, 15) is 9.59 Å². The second kappa shape index (κ2) is 8.32. The average molecular weight is 390 g/mol. The van der Waals surface area contributed by atoms with Crippen LogP contribution >= 0.6 is 0 Å². The van der Waals surface area contributed by atoms with Gasteiger partial charge in [-0.2, -0.15) is 0 Å². The maximum atomic E-state index is 12.5. The SMILES string of the molecule is CC(=O)c1ccc(-c2ccc(C(=O)Nc3ccc(N4CCOCC4)cc3)o2)cc1. The molecule has 0 unspecified atom stereocenters. The lowest BCUT2D eigenvalue weighted by Gasteiger charge is -2.28. The quantitative estimate of drug-likeness (QED) is 0.660. The van der Waals surface area contributed by atoms with Gasteiger partial charge >= 0.3 is 0 Å². The van der Waals surface area contributed by atoms with Crippen molar-refractivity contribution in [2.45, 2.75) is 6.92 Å². The summed E-state index contributed by atoms with van der Waals surface area (Å²) < 4.78 is 11.1. The molecular weight excluding hydrogens is 368 g/mol. The van der Waals surface area contributed by atoms with Gasteiger partial charge in [0.15, 0.2) is 11.5 Å². The summed E-state index contributed by atoms with van der Waals surface area (Å²) in [5.74, 6) is 0.507. The Kier molecular flexibility index (Phi) is 5.44. The van der Waals surface area contributed by atoms with Gasteiger partial charge in [-0.3, -0.25) is 9.59 Å². The zero-order chi connectivity index (χ0) is 20.2. The van der Waals surface area contributed by atoms with E-state index >= 15 is 0 Å². The molecule has 1 aromatic heterocycles. The Hall–Kier alpha value is -3.38. The van der Waals surface area contributed by atoms with Crippen molar-refractivity contribution in [3.8, 4) is 11.3 Å². The maximum Gasteiger partial charge on any atom is 0.291 e. The molecule has 0 bridgehead atoms. The van der Waals surface area contributed by atoms with E-state index in [0.717, 1.165) is 37.6 Å². The Bertz CT molecular complexity index is 1000. The number of hydrogen-bond donors (Lipinski definition) is 1. The van der Waals surface area contributed by atoms with Gasteiger partial charge in [0.25, 0.3) is 5.91 Å². The Balaban J connectivity index is 1.42. The number of Topliss-reactive ketones (excluding diaryl/α,β-unsaturated/α-hetero) is 1. The van der Waals surface area contributed by atoms with Crippen LogP contribution in [-0.2, 0) is 4.74 Å². The van der Waals surface area contributed by atoms with Crippen LogP contribution < -0.4 is 10.2 Å². The Morgan fingerprint density at radius 3 is 2.24 bits per heavy atom. The lowest BCUT2D eigenvalue weighted by atomic mass is 10.1. The summed E-state index contributed by atoms with van der Waals surface area (Å²) in [6.45, 7) is 4.73. The molecule has 6 nitrogen and oxygen atoms in total. The lowest BCUT2D eigenvalue weighted by Crippen LogP contribution is -2.36. The second-order valence-corrected chi connectivity index (χ2v) is 6.90. The number of morpholine rings is 1. The first-order valence-electron chi connectivity index (χ1n) is 9.55. The Morgan fingerprint density at radius 1 is 0.897 bits per heavy atom. The van der Waals surface area contributed by atoms with Crippen molar-refractivity contribution in [2.24, 2.45) is 0 Å². The minimum Gasteiger partial charge on any atom is -0.451 e. The highest BCUT2D eigenvalue weighted by atomic mass is 16.5. The highest BCUT2D eigenvalue weighted by Gasteiger charge is 2.14. The van der Waals surface area contributed by atoms with E-state index in [4.69, 9.17) is 9.15 Å². The summed E-state index contributed by atoms with van der Waals surface area (Å²) in [6.07, 6.45) is 0. The lowest BCUT2D eigenvalue weighted by molar-refractivity contribution is 0.0994. The largest absolute Gasteiger partial charge is 0.451 e. The summed E-state index contributed by atoms with van der Waals surface area (Å²) in [5, 5.41) is 2.86. The molecule has 1 N–H and O–H groups in total. The standard InChI is InChI=1S/C23H22N2O4/c1-16(26)17-2-4-18(5-3-17)21-10-11-22(29-21)23(27)24-19-6-8-20(9-7-19)25-12-14-28-15-13-25/h2-11H,12-15H2,1H3,(H,24,27). The topological polar surface area (TPSA) is 71.8 Å². The molecule has 2 heterocycles. The maximum absolute atomic E-state index is 12.5. The molecule has 3 aromatic rings. The number of carbonyl (C=O) groups is 2. The van der Waals surface area contributed by atoms with E-state index < -0.39 is 0 Å². The Labute approximate surface area is 169 Å². The van der Waals surface area contributed by atoms with Crippen LogP contribution in [0.4, 0.5) is 11.4 Å². The van der Waals surface area contributed by atoms with Crippen LogP contribution in [-0.4, -0.2) is 38.0 Å². The number of benzene rings is 2. The summed E-state index contributed by atoms with van der Waals surface area (Å²) in [7, 11) is 0. The van der Waals surface area contributed by atoms with Crippen LogP contribution in [0.5, 0.6) is 0 Å². The second-order valence-electron chi connectivity index (χ2n) is 6.90. The van der Waals surface area contributed by atoms with Gasteiger partial charge in [-0.05, 0) is 43.3 Å². The van der Waals surface area contributed by atoms with Crippen molar-refractivity contribution in [1.29, 1.82) is 0 Å². The predicted molar refractivity (Wildman–Crippen MR) is 112 cm³/mol. The number of amides is 1. The van der Waals surface area contributed by atoms with Crippen molar-refractivity contribution >= 4 is 23.1 Å². The summed E-state index contributed by atoms with van der Waals surface area (Å²) >= 11 is 0. The van der Waals surface area contributed by atoms with E-state index in [-0.39, 0.29) is 17.5 Å². The molecule has 29 heavy (non-hydrogen) atoms. The van der Waals surface area contributed by atoms with E-state index in [1.54, 1.807) is 24.3 Å². The molecule has 1 aliphatic rings. The summed E-state index contributed by atoms with van der Waals surface area (Å²) in [4.78, 5) is 26.2. The van der Waals surface area contributed by atoms with Crippen molar-refractivity contribution < 1.29 is 18.7 Å². The molecule has 1 amide bonds. The molecule has 0 saturated carbocycles. The van der Waals surface area contributed by atoms with Crippen molar-refractivity contribution in [3.63, 3.8) is 0 Å². The van der Waals surface area contributed by atoms with E-state index in [1.165, 1.54) is 6.92 Å². The molecule has 1 aliphatic heterocycles. The minimum absolute atomic E-state index is 0.00991. The van der Waals surface area contributed by atoms with Gasteiger partial charge in [-0.25, -0.2) is 0 Å². The molecule has 2 aromatic carbocycles. The summed E-state index contributed by atoms with van der Waals surface area (Å²) in [6, 6.07) is 18.2. The molecule has 1 saturated heterocycles. The first-order valence-corrected chi connectivity index (χ1v) is 9.55. The van der Waals surface area contributed by atoms with Crippen LogP contribution in [0.15, 0.2) is 65.1 Å². The average Bonchev–Trinajstić information content (AvgIpc) is 3.25. The summed E-state index contributed by atoms with van der Waals surface area (Å²) in [5.41, 5.74) is 3.26. The van der Waals surface area contributed by atoms with Gasteiger partial charge in [0.1, 0.15) is 5.76 Å². The number of carbonyl (C=O) groups excluding carboxylic acids is 2. The number of rotatable bonds is 5. The normalized spacial score (nSPS) is 13.9. The number of nitrogens with zero attached hydrogens (tertiary/aromatic N) is 1. The van der Waals surface area contributed by atoms with Gasteiger partial charge < -0.3 is 19.4 Å². The van der Waals surface area contributed by atoms with E-state index in [2.05, 4.69) is 10.2 Å². The zero-order valence-electron chi connectivity index (χ0n) is 16.2. The smallest absolute Gasteiger partial charge is 0.291 e. The highest BCUT2D eigenvalue weighted by molar-refractivity contribution is 6.02. The number of nitrogens with one attached hydrogen (secondary N) is 1. The molecule has 1 fully saturated rings. The number of hydrogen-bond acceptors (Lipinski definition) is 5. The third-order valence-electron chi connectivity index (χ3n) is 4.91. The number of ketones is 1. The van der Waals surface area contributed by atoms with Gasteiger partial charge in [0, 0.05) is 35.6 Å². The third-order valence-corrected chi connectivity index (χ3v) is 4.91. The van der Waals surface area contributed by atoms with Crippen LogP contribution in [0.3, 0.4) is 0 Å². The van der Waals surface area contributed by atoms with E-state index in [0.29, 0.717) is 17.0 Å². The fourth-order valence-electron chi connectivity index (χ4n) is 3.25. The van der Waals surface area contributed by atoms with Gasteiger partial charge in [0.2, 0.25) is 0 Å². The van der Waals surface area contributed by atoms with E-state index in [1.807, 2.05) is 36.4 Å². The van der Waals surface area contributed by atoms with Crippen molar-refractivity contribution in [2.75, 3.05) is 36.5 Å². The number of furan rings is 1. The highest BCUT2D eigenvalue weighted by Crippen LogP contribution is 2.24. The van der Waals surface area contributed by atoms with Crippen molar-refractivity contribution in [1.82, 2.24) is 0 Å². The molecular formula is C23H22N2O4. The molecule has 4 rings (SSSR count). The van der Waals surface area contributed by atoms with Crippen LogP contribution in [0.2, 0.25) is 0 Å². The molecule has 0 radical (unpaired) electrons. The van der Waals surface area contributed by atoms with Crippen molar-refractivity contribution in [3.05, 3.63) is 72.0 Å². The fourth-order valence-corrected chi connectivity index (χ4v) is 3.25. The fraction of sp³-hybridized carbons (Fsp3) is 0.217. The minimum atomic E-state index is -0.310. The zero-order valence-corrected chi connectivity index (χ0v) is 16.2. The molecule has 148 valence electrons. The Morgan fingerprint density at radius 2 is 1.59 bits per heavy atom. The molecule has 6 heteroatoms. The number of anilines is 2. The van der Waals surface area contributed by atoms with Crippen LogP contribution in [0.25, 0.3) is 11.3 Å². The monoisotopic (exact) mass is 390 g/mol. The molecule has 0 atom stereocenters. The van der Waals surface area contributed by atoms with Gasteiger partial charge in [-0.15, -0.1) is 0 Å². The molecule has 0 aliphatic carbocycles. The van der Waals surface area contributed by atoms with Gasteiger partial charge in [-0.1, -0.05) is 24.3 Å². The first-order chi connectivity index (χ1) is 14.1. The number of ether oxygens (including phenoxy) is 1. The van der Waals surface area contributed by atoms with Crippen LogP contribution in [0, 0.1) is 0 Å². The van der Waals surface area contributed by atoms with Crippen LogP contribution in [0.1, 0.15) is 27.8 Å². The third kappa shape index (κ3) is 4.38. The van der Waals surface area contributed by atoms with Gasteiger partial charge in [0.05, 0.1) is 13.2 Å².